The minimum Gasteiger partial charge on any atom is -0.355 e. The number of halogens is 1. The Morgan fingerprint density at radius 2 is 1.73 bits per heavy atom. The molecule has 1 aliphatic rings. The fourth-order valence-electron chi connectivity index (χ4n) is 2.74. The molecule has 0 atom stereocenters. The van der Waals surface area contributed by atoms with Gasteiger partial charge >= 0.3 is 0 Å². The largest absolute Gasteiger partial charge is 0.355 e. The second-order valence-electron chi connectivity index (χ2n) is 6.23. The summed E-state index contributed by atoms with van der Waals surface area (Å²) in [5.74, 6) is 0.0871. The average Bonchev–Trinajstić information content (AvgIpc) is 3.30. The zero-order chi connectivity index (χ0) is 15.6. The first kappa shape index (κ1) is 15.1. The lowest BCUT2D eigenvalue weighted by Crippen LogP contribution is -2.33. The normalized spacial score (nSPS) is 15.4. The number of hydrogen-bond acceptors (Lipinski definition) is 1. The van der Waals surface area contributed by atoms with Crippen molar-refractivity contribution in [2.75, 3.05) is 6.54 Å². The van der Waals surface area contributed by atoms with Crippen LogP contribution < -0.4 is 5.32 Å². The van der Waals surface area contributed by atoms with E-state index < -0.39 is 0 Å². The van der Waals surface area contributed by atoms with Gasteiger partial charge < -0.3 is 5.32 Å². The third-order valence-electron chi connectivity index (χ3n) is 4.42. The summed E-state index contributed by atoms with van der Waals surface area (Å²) >= 11 is 5.94. The van der Waals surface area contributed by atoms with E-state index >= 15 is 0 Å². The zero-order valence-corrected chi connectivity index (χ0v) is 13.5. The number of amides is 1. The summed E-state index contributed by atoms with van der Waals surface area (Å²) in [6.45, 7) is 2.76. The molecule has 1 fully saturated rings. The van der Waals surface area contributed by atoms with E-state index in [1.165, 1.54) is 11.1 Å². The molecule has 2 nitrogen and oxygen atoms in total. The molecule has 3 heteroatoms. The highest BCUT2D eigenvalue weighted by Crippen LogP contribution is 2.47. The van der Waals surface area contributed by atoms with Gasteiger partial charge in [0.15, 0.2) is 0 Å². The van der Waals surface area contributed by atoms with Crippen LogP contribution in [0.15, 0.2) is 48.5 Å². The van der Waals surface area contributed by atoms with E-state index in [1.54, 1.807) is 0 Å². The highest BCUT2D eigenvalue weighted by atomic mass is 35.5. The van der Waals surface area contributed by atoms with Gasteiger partial charge in [0, 0.05) is 17.0 Å². The van der Waals surface area contributed by atoms with E-state index in [1.807, 2.05) is 43.3 Å². The van der Waals surface area contributed by atoms with Crippen molar-refractivity contribution in [3.05, 3.63) is 70.2 Å². The van der Waals surface area contributed by atoms with Crippen LogP contribution in [0.5, 0.6) is 0 Å². The van der Waals surface area contributed by atoms with E-state index in [0.717, 1.165) is 23.4 Å². The van der Waals surface area contributed by atoms with Crippen LogP contribution in [0.2, 0.25) is 5.02 Å². The molecular weight excluding hydrogens is 294 g/mol. The van der Waals surface area contributed by atoms with E-state index in [4.69, 9.17) is 11.6 Å². The van der Waals surface area contributed by atoms with E-state index in [2.05, 4.69) is 17.4 Å². The minimum atomic E-state index is 0.0871. The Hall–Kier alpha value is -1.80. The summed E-state index contributed by atoms with van der Waals surface area (Å²) in [7, 11) is 0. The first-order valence-corrected chi connectivity index (χ1v) is 8.04. The van der Waals surface area contributed by atoms with Gasteiger partial charge in [-0.25, -0.2) is 0 Å². The van der Waals surface area contributed by atoms with Crippen LogP contribution in [-0.4, -0.2) is 12.5 Å². The van der Waals surface area contributed by atoms with Crippen molar-refractivity contribution < 1.29 is 4.79 Å². The maximum Gasteiger partial charge on any atom is 0.224 e. The Morgan fingerprint density at radius 3 is 2.32 bits per heavy atom. The zero-order valence-electron chi connectivity index (χ0n) is 12.7. The highest BCUT2D eigenvalue weighted by molar-refractivity contribution is 6.30. The second kappa shape index (κ2) is 6.13. The minimum absolute atomic E-state index is 0.0871. The number of rotatable bonds is 5. The molecule has 2 aromatic carbocycles. The van der Waals surface area contributed by atoms with Gasteiger partial charge in [-0.2, -0.15) is 0 Å². The topological polar surface area (TPSA) is 29.1 Å². The fraction of sp³-hybridized carbons (Fsp3) is 0.316. The Morgan fingerprint density at radius 1 is 1.09 bits per heavy atom. The molecule has 0 radical (unpaired) electrons. The van der Waals surface area contributed by atoms with Crippen LogP contribution in [0.25, 0.3) is 0 Å². The predicted molar refractivity (Wildman–Crippen MR) is 90.3 cm³/mol. The van der Waals surface area contributed by atoms with Crippen molar-refractivity contribution in [3.63, 3.8) is 0 Å². The third-order valence-corrected chi connectivity index (χ3v) is 4.67. The molecule has 0 spiro atoms. The molecule has 1 amide bonds. The average molecular weight is 314 g/mol. The summed E-state index contributed by atoms with van der Waals surface area (Å²) in [6, 6.07) is 16.1. The number of carbonyl (C=O) groups is 1. The Labute approximate surface area is 136 Å². The molecule has 1 saturated carbocycles. The van der Waals surface area contributed by atoms with Crippen molar-refractivity contribution in [2.24, 2.45) is 0 Å². The number of aryl methyl sites for hydroxylation is 1. The van der Waals surface area contributed by atoms with Gasteiger partial charge in [0.05, 0.1) is 6.42 Å². The van der Waals surface area contributed by atoms with Crippen molar-refractivity contribution in [1.29, 1.82) is 0 Å². The number of nitrogens with one attached hydrogen (secondary N) is 1. The van der Waals surface area contributed by atoms with Gasteiger partial charge in [0.2, 0.25) is 5.91 Å². The van der Waals surface area contributed by atoms with Gasteiger partial charge in [-0.05, 0) is 43.0 Å². The monoisotopic (exact) mass is 313 g/mol. The van der Waals surface area contributed by atoms with Gasteiger partial charge in [-0.3, -0.25) is 4.79 Å². The van der Waals surface area contributed by atoms with Gasteiger partial charge in [-0.1, -0.05) is 53.6 Å². The first-order valence-electron chi connectivity index (χ1n) is 7.66. The molecular formula is C19H20ClNO. The van der Waals surface area contributed by atoms with Crippen molar-refractivity contribution >= 4 is 17.5 Å². The van der Waals surface area contributed by atoms with E-state index in [9.17, 15) is 4.79 Å². The molecule has 0 bridgehead atoms. The van der Waals surface area contributed by atoms with E-state index in [-0.39, 0.29) is 11.3 Å². The van der Waals surface area contributed by atoms with Gasteiger partial charge in [0.1, 0.15) is 0 Å². The van der Waals surface area contributed by atoms with Crippen molar-refractivity contribution in [1.82, 2.24) is 5.32 Å². The number of benzene rings is 2. The lowest BCUT2D eigenvalue weighted by molar-refractivity contribution is -0.120. The van der Waals surface area contributed by atoms with Crippen LogP contribution in [0.1, 0.15) is 29.5 Å². The van der Waals surface area contributed by atoms with Crippen molar-refractivity contribution in [3.8, 4) is 0 Å². The van der Waals surface area contributed by atoms with Gasteiger partial charge in [0.25, 0.3) is 0 Å². The number of carbonyl (C=O) groups excluding carboxylic acids is 1. The third kappa shape index (κ3) is 3.50. The maximum absolute atomic E-state index is 12.1. The van der Waals surface area contributed by atoms with E-state index in [0.29, 0.717) is 13.0 Å². The smallest absolute Gasteiger partial charge is 0.224 e. The summed E-state index contributed by atoms with van der Waals surface area (Å²) in [4.78, 5) is 12.1. The summed E-state index contributed by atoms with van der Waals surface area (Å²) < 4.78 is 0. The fourth-order valence-corrected chi connectivity index (χ4v) is 2.87. The molecule has 0 heterocycles. The standard InChI is InChI=1S/C19H20ClNO/c1-14-2-4-15(5-3-14)12-18(22)21-13-19(10-11-19)16-6-8-17(20)9-7-16/h2-9H,10-13H2,1H3,(H,21,22). The molecule has 22 heavy (non-hydrogen) atoms. The molecule has 0 unspecified atom stereocenters. The molecule has 1 N–H and O–H groups in total. The molecule has 0 saturated heterocycles. The SMILES string of the molecule is Cc1ccc(CC(=O)NCC2(c3ccc(Cl)cc3)CC2)cc1. The lowest BCUT2D eigenvalue weighted by Gasteiger charge is -2.17. The number of hydrogen-bond donors (Lipinski definition) is 1. The highest BCUT2D eigenvalue weighted by Gasteiger charge is 2.44. The van der Waals surface area contributed by atoms with Crippen LogP contribution in [0.4, 0.5) is 0 Å². The molecule has 2 aromatic rings. The second-order valence-corrected chi connectivity index (χ2v) is 6.66. The summed E-state index contributed by atoms with van der Waals surface area (Å²) in [5, 5.41) is 3.84. The first-order chi connectivity index (χ1) is 10.6. The Kier molecular flexibility index (Phi) is 4.21. The maximum atomic E-state index is 12.1. The quantitative estimate of drug-likeness (QED) is 0.887. The van der Waals surface area contributed by atoms with Crippen LogP contribution in [0, 0.1) is 6.92 Å². The summed E-state index contributed by atoms with van der Waals surface area (Å²) in [5.41, 5.74) is 3.66. The molecule has 0 aliphatic heterocycles. The molecule has 3 rings (SSSR count). The Bertz CT molecular complexity index is 657. The van der Waals surface area contributed by atoms with Crippen LogP contribution in [0.3, 0.4) is 0 Å². The van der Waals surface area contributed by atoms with Crippen LogP contribution in [-0.2, 0) is 16.6 Å². The Balaban J connectivity index is 1.56. The predicted octanol–water partition coefficient (Wildman–Crippen LogP) is 4.04. The summed E-state index contributed by atoms with van der Waals surface area (Å²) in [6.07, 6.45) is 2.69. The molecule has 114 valence electrons. The lowest BCUT2D eigenvalue weighted by atomic mass is 9.96. The van der Waals surface area contributed by atoms with Crippen LogP contribution >= 0.6 is 11.6 Å². The van der Waals surface area contributed by atoms with Gasteiger partial charge in [-0.15, -0.1) is 0 Å². The molecule has 0 aromatic heterocycles. The molecule has 1 aliphatic carbocycles. The van der Waals surface area contributed by atoms with Crippen molar-refractivity contribution in [2.45, 2.75) is 31.6 Å².